The van der Waals surface area contributed by atoms with Crippen LogP contribution < -0.4 is 0 Å². The number of rotatable bonds is 0. The summed E-state index contributed by atoms with van der Waals surface area (Å²) in [4.78, 5) is 64.6. The molecule has 2 bridgehead atoms. The number of carbonyl (C=O) groups is 4. The first-order valence-electron chi connectivity index (χ1n) is 5.91. The van der Waals surface area contributed by atoms with Crippen LogP contribution in [0.1, 0.15) is 25.7 Å². The summed E-state index contributed by atoms with van der Waals surface area (Å²) in [5, 5.41) is 1.35. The zero-order valence-corrected chi connectivity index (χ0v) is 16.4. The van der Waals surface area contributed by atoms with Crippen molar-refractivity contribution in [3.05, 3.63) is 0 Å². The molecule has 0 amide bonds. The van der Waals surface area contributed by atoms with Gasteiger partial charge in [0.1, 0.15) is 0 Å². The van der Waals surface area contributed by atoms with Crippen LogP contribution in [0.5, 0.6) is 0 Å². The van der Waals surface area contributed by atoms with Gasteiger partial charge in [-0.2, -0.15) is 0 Å². The molecule has 0 saturated carbocycles. The van der Waals surface area contributed by atoms with Crippen LogP contribution in [0.3, 0.4) is 0 Å². The molecule has 12 heteroatoms. The van der Waals surface area contributed by atoms with E-state index in [2.05, 4.69) is 0 Å². The SMILES string of the molecule is O=C1CCC(=O)ON2CCN(O1)OC(=O)CCC(=O)O2.[Na].[Na]. The molecule has 22 heavy (non-hydrogen) atoms. The van der Waals surface area contributed by atoms with Crippen LogP contribution in [0.2, 0.25) is 0 Å². The van der Waals surface area contributed by atoms with E-state index < -0.39 is 23.9 Å². The molecule has 2 saturated heterocycles. The summed E-state index contributed by atoms with van der Waals surface area (Å²) in [5.41, 5.74) is 0. The third-order valence-corrected chi connectivity index (χ3v) is 2.35. The topological polar surface area (TPSA) is 112 Å². The molecule has 2 fully saturated rings. The fourth-order valence-corrected chi connectivity index (χ4v) is 1.43. The van der Waals surface area contributed by atoms with Gasteiger partial charge in [0.2, 0.25) is 0 Å². The summed E-state index contributed by atoms with van der Waals surface area (Å²) in [5.74, 6) is -2.95. The Balaban J connectivity index is 0.00000220. The van der Waals surface area contributed by atoms with Gasteiger partial charge in [-0.15, -0.1) is 0 Å². The molecule has 2 heterocycles. The summed E-state index contributed by atoms with van der Waals surface area (Å²) in [6.45, 7) is -0.309. The number of carbonyl (C=O) groups excluding carboxylic acids is 4. The maximum absolute atomic E-state index is 11.4. The normalized spacial score (nSPS) is 26.2. The van der Waals surface area contributed by atoms with Gasteiger partial charge in [0.05, 0.1) is 38.8 Å². The van der Waals surface area contributed by atoms with Crippen LogP contribution in [0.4, 0.5) is 0 Å². The molecule has 2 radical (unpaired) electrons. The molecule has 0 aromatic carbocycles. The average Bonchev–Trinajstić information content (AvgIpc) is 2.39. The van der Waals surface area contributed by atoms with Crippen molar-refractivity contribution in [1.29, 1.82) is 0 Å². The smallest absolute Gasteiger partial charge is 0.329 e. The van der Waals surface area contributed by atoms with Gasteiger partial charge in [0.25, 0.3) is 0 Å². The Morgan fingerprint density at radius 1 is 0.545 bits per heavy atom. The second-order valence-electron chi connectivity index (χ2n) is 3.97. The molecule has 2 aliphatic rings. The van der Waals surface area contributed by atoms with Crippen molar-refractivity contribution < 1.29 is 38.5 Å². The Bertz CT molecular complexity index is 371. The molecule has 2 rings (SSSR count). The zero-order chi connectivity index (χ0) is 14.5. The third-order valence-electron chi connectivity index (χ3n) is 2.35. The van der Waals surface area contributed by atoms with Gasteiger partial charge in [-0.3, -0.25) is 19.2 Å². The van der Waals surface area contributed by atoms with Crippen LogP contribution >= 0.6 is 0 Å². The quantitative estimate of drug-likeness (QED) is 0.473. The Morgan fingerprint density at radius 3 is 1.00 bits per heavy atom. The summed E-state index contributed by atoms with van der Waals surface area (Å²) in [7, 11) is 0. The van der Waals surface area contributed by atoms with Gasteiger partial charge in [0, 0.05) is 69.6 Å². The maximum Gasteiger partial charge on any atom is 0.329 e. The fraction of sp³-hybridized carbons (Fsp3) is 0.600. The zero-order valence-electron chi connectivity index (χ0n) is 12.4. The van der Waals surface area contributed by atoms with Gasteiger partial charge in [0.15, 0.2) is 0 Å². The van der Waals surface area contributed by atoms with Crippen LogP contribution in [-0.4, -0.2) is 107 Å². The average molecular weight is 334 g/mol. The number of hydroxylamine groups is 4. The van der Waals surface area contributed by atoms with E-state index >= 15 is 0 Å². The van der Waals surface area contributed by atoms with E-state index in [1.807, 2.05) is 0 Å². The molecule has 2 aliphatic heterocycles. The molecule has 0 atom stereocenters. The minimum absolute atomic E-state index is 0. The van der Waals surface area contributed by atoms with Crippen LogP contribution in [0, 0.1) is 0 Å². The standard InChI is InChI=1S/C10H12N2O8.2Na/c13-7-1-2-8(14)18-12-6-5-11(17-7)19-9(15)3-4-10(16)20-12;;/h1-6H2;;. The molecule has 112 valence electrons. The van der Waals surface area contributed by atoms with Gasteiger partial charge in [-0.25, -0.2) is 0 Å². The summed E-state index contributed by atoms with van der Waals surface area (Å²) in [6, 6.07) is 0. The van der Waals surface area contributed by atoms with E-state index in [0.29, 0.717) is 10.5 Å². The molecule has 0 unspecified atom stereocenters. The van der Waals surface area contributed by atoms with Crippen molar-refractivity contribution in [1.82, 2.24) is 10.5 Å². The molecular weight excluding hydrogens is 322 g/mol. The maximum atomic E-state index is 11.4. The second-order valence-corrected chi connectivity index (χ2v) is 3.97. The third kappa shape index (κ3) is 7.38. The molecule has 0 N–H and O–H groups in total. The largest absolute Gasteiger partial charge is 0.333 e. The Kier molecular flexibility index (Phi) is 10.5. The van der Waals surface area contributed by atoms with E-state index in [1.165, 1.54) is 0 Å². The number of nitrogens with zero attached hydrogens (tertiary/aromatic N) is 2. The monoisotopic (exact) mass is 334 g/mol. The first-order valence-corrected chi connectivity index (χ1v) is 5.91. The van der Waals surface area contributed by atoms with Crippen molar-refractivity contribution in [3.8, 4) is 0 Å². The number of hydrogen-bond acceptors (Lipinski definition) is 10. The molecule has 0 aliphatic carbocycles. The Labute approximate surface area is 169 Å². The van der Waals surface area contributed by atoms with Crippen molar-refractivity contribution in [2.45, 2.75) is 25.7 Å². The fourth-order valence-electron chi connectivity index (χ4n) is 1.43. The minimum Gasteiger partial charge on any atom is -0.333 e. The van der Waals surface area contributed by atoms with Crippen LogP contribution in [-0.2, 0) is 38.5 Å². The molecule has 10 nitrogen and oxygen atoms in total. The Hall–Kier alpha value is -0.200. The van der Waals surface area contributed by atoms with Crippen LogP contribution in [0.15, 0.2) is 0 Å². The van der Waals surface area contributed by atoms with Gasteiger partial charge < -0.3 is 19.4 Å². The van der Waals surface area contributed by atoms with E-state index in [-0.39, 0.29) is 97.9 Å². The van der Waals surface area contributed by atoms with Crippen molar-refractivity contribution in [3.63, 3.8) is 0 Å². The van der Waals surface area contributed by atoms with Crippen molar-refractivity contribution in [2.75, 3.05) is 13.1 Å². The first-order chi connectivity index (χ1) is 9.52. The van der Waals surface area contributed by atoms with E-state index in [0.717, 1.165) is 0 Å². The summed E-state index contributed by atoms with van der Waals surface area (Å²) in [6.07, 6.45) is -1.02. The van der Waals surface area contributed by atoms with Gasteiger partial charge in [-0.05, 0) is 0 Å². The van der Waals surface area contributed by atoms with Crippen LogP contribution in [0.25, 0.3) is 0 Å². The predicted octanol–water partition coefficient (Wildman–Crippen LogP) is -1.75. The van der Waals surface area contributed by atoms with Crippen molar-refractivity contribution in [2.24, 2.45) is 0 Å². The summed E-state index contributed by atoms with van der Waals surface area (Å²) < 4.78 is 0. The van der Waals surface area contributed by atoms with E-state index in [1.54, 1.807) is 0 Å². The molecular formula is C10H12N2Na2O8. The number of hydrogen-bond donors (Lipinski definition) is 0. The molecule has 0 spiro atoms. The van der Waals surface area contributed by atoms with E-state index in [4.69, 9.17) is 19.4 Å². The van der Waals surface area contributed by atoms with Gasteiger partial charge >= 0.3 is 23.9 Å². The predicted molar refractivity (Wildman–Crippen MR) is 67.8 cm³/mol. The number of fused-ring (bicyclic) bond motifs is 3. The summed E-state index contributed by atoms with van der Waals surface area (Å²) >= 11 is 0. The van der Waals surface area contributed by atoms with Crippen molar-refractivity contribution >= 4 is 83.0 Å². The minimum atomic E-state index is -0.739. The van der Waals surface area contributed by atoms with Gasteiger partial charge in [-0.1, -0.05) is 0 Å². The first kappa shape index (κ1) is 21.8. The van der Waals surface area contributed by atoms with E-state index in [9.17, 15) is 19.2 Å². The second kappa shape index (κ2) is 10.6. The molecule has 0 aromatic heterocycles. The Morgan fingerprint density at radius 2 is 0.773 bits per heavy atom. The molecule has 0 aromatic rings.